The van der Waals surface area contributed by atoms with E-state index in [2.05, 4.69) is 5.32 Å². The van der Waals surface area contributed by atoms with Crippen molar-refractivity contribution in [2.45, 2.75) is 25.4 Å². The van der Waals surface area contributed by atoms with Crippen molar-refractivity contribution in [2.24, 2.45) is 0 Å². The number of hydrogen-bond donors (Lipinski definition) is 3. The van der Waals surface area contributed by atoms with Crippen LogP contribution in [0.3, 0.4) is 0 Å². The Balaban J connectivity index is 2.21. The second-order valence-electron chi connectivity index (χ2n) is 6.84. The van der Waals surface area contributed by atoms with Crippen LogP contribution in [0.5, 0.6) is 11.5 Å². The molecule has 0 radical (unpaired) electrons. The summed E-state index contributed by atoms with van der Waals surface area (Å²) in [7, 11) is 1.48. The predicted octanol–water partition coefficient (Wildman–Crippen LogP) is 3.41. The molecular weight excluding hydrogens is 461 g/mol. The summed E-state index contributed by atoms with van der Waals surface area (Å²) in [6, 6.07) is 9.57. The number of ether oxygens (including phenoxy) is 3. The van der Waals surface area contributed by atoms with Crippen LogP contribution in [0, 0.1) is 0 Å². The molecule has 0 aromatic heterocycles. The Morgan fingerprint density at radius 1 is 1.06 bits per heavy atom. The monoisotopic (exact) mass is 485 g/mol. The topological polar surface area (TPSA) is 114 Å². The molecule has 2 atom stereocenters. The quantitative estimate of drug-likeness (QED) is 0.330. The van der Waals surface area contributed by atoms with Crippen molar-refractivity contribution in [3.05, 3.63) is 52.0 Å². The Bertz CT molecular complexity index is 938. The molecule has 0 saturated heterocycles. The van der Waals surface area contributed by atoms with Crippen molar-refractivity contribution in [2.75, 3.05) is 32.2 Å². The van der Waals surface area contributed by atoms with Gasteiger partial charge in [0.1, 0.15) is 13.2 Å². The summed E-state index contributed by atoms with van der Waals surface area (Å²) in [4.78, 5) is 23.9. The number of esters is 1. The van der Waals surface area contributed by atoms with Crippen molar-refractivity contribution in [3.8, 4) is 11.5 Å². The van der Waals surface area contributed by atoms with Crippen molar-refractivity contribution >= 4 is 40.8 Å². The van der Waals surface area contributed by atoms with Crippen LogP contribution in [-0.2, 0) is 14.3 Å². The van der Waals surface area contributed by atoms with E-state index in [9.17, 15) is 19.8 Å². The van der Waals surface area contributed by atoms with Gasteiger partial charge in [-0.25, -0.2) is 0 Å². The molecule has 32 heavy (non-hydrogen) atoms. The van der Waals surface area contributed by atoms with Crippen molar-refractivity contribution in [1.29, 1.82) is 0 Å². The van der Waals surface area contributed by atoms with Crippen molar-refractivity contribution < 1.29 is 34.0 Å². The number of anilines is 1. The molecule has 0 aliphatic rings. The van der Waals surface area contributed by atoms with Gasteiger partial charge in [0.2, 0.25) is 5.91 Å². The zero-order chi connectivity index (χ0) is 23.7. The van der Waals surface area contributed by atoms with E-state index in [1.165, 1.54) is 14.0 Å². The number of nitrogens with one attached hydrogen (secondary N) is 1. The molecule has 2 aromatic rings. The number of aliphatic hydroxyl groups is 2. The maximum Gasteiger partial charge on any atom is 0.302 e. The molecule has 1 amide bonds. The highest BCUT2D eigenvalue weighted by Gasteiger charge is 2.25. The maximum atomic E-state index is 13.1. The van der Waals surface area contributed by atoms with Gasteiger partial charge in [-0.15, -0.1) is 0 Å². The molecule has 0 fully saturated rings. The molecule has 0 aliphatic carbocycles. The Morgan fingerprint density at radius 2 is 1.81 bits per heavy atom. The van der Waals surface area contributed by atoms with E-state index < -0.39 is 30.5 Å². The van der Waals surface area contributed by atoms with E-state index in [0.29, 0.717) is 27.8 Å². The number of aliphatic hydroxyl groups excluding tert-OH is 2. The third kappa shape index (κ3) is 7.56. The fourth-order valence-electron chi connectivity index (χ4n) is 2.90. The maximum absolute atomic E-state index is 13.1. The van der Waals surface area contributed by atoms with Crippen LogP contribution in [-0.4, -0.2) is 55.1 Å². The second-order valence-corrected chi connectivity index (χ2v) is 7.66. The third-order valence-electron chi connectivity index (χ3n) is 4.46. The summed E-state index contributed by atoms with van der Waals surface area (Å²) in [5, 5.41) is 22.6. The fourth-order valence-corrected chi connectivity index (χ4v) is 3.21. The summed E-state index contributed by atoms with van der Waals surface area (Å²) in [6.07, 6.45) is -1.13. The number of carbonyl (C=O) groups is 2. The van der Waals surface area contributed by atoms with Gasteiger partial charge in [-0.2, -0.15) is 0 Å². The molecule has 8 nitrogen and oxygen atoms in total. The van der Waals surface area contributed by atoms with Crippen LogP contribution in [0.4, 0.5) is 5.69 Å². The molecule has 174 valence electrons. The van der Waals surface area contributed by atoms with E-state index in [4.69, 9.17) is 37.4 Å². The second kappa shape index (κ2) is 12.5. The molecule has 0 aliphatic heterocycles. The van der Waals surface area contributed by atoms with Crippen LogP contribution in [0.2, 0.25) is 10.0 Å². The lowest BCUT2D eigenvalue weighted by atomic mass is 9.92. The van der Waals surface area contributed by atoms with E-state index in [1.54, 1.807) is 36.4 Å². The van der Waals surface area contributed by atoms with E-state index >= 15 is 0 Å². The summed E-state index contributed by atoms with van der Waals surface area (Å²) in [6.45, 7) is 0.970. The molecular formula is C22H25Cl2NO7. The summed E-state index contributed by atoms with van der Waals surface area (Å²) in [5.41, 5.74) is 0.956. The van der Waals surface area contributed by atoms with E-state index in [0.717, 1.165) is 0 Å². The lowest BCUT2D eigenvalue weighted by Gasteiger charge is -2.20. The minimum atomic E-state index is -1.10. The summed E-state index contributed by atoms with van der Waals surface area (Å²) >= 11 is 12.1. The first-order chi connectivity index (χ1) is 15.2. The van der Waals surface area contributed by atoms with E-state index in [-0.39, 0.29) is 24.7 Å². The van der Waals surface area contributed by atoms with Gasteiger partial charge in [0, 0.05) is 18.7 Å². The highest BCUT2D eigenvalue weighted by molar-refractivity contribution is 6.42. The van der Waals surface area contributed by atoms with Gasteiger partial charge in [-0.05, 0) is 36.2 Å². The number of rotatable bonds is 11. The van der Waals surface area contributed by atoms with Gasteiger partial charge in [0.05, 0.1) is 35.8 Å². The first-order valence-corrected chi connectivity index (χ1v) is 10.5. The zero-order valence-corrected chi connectivity index (χ0v) is 19.2. The molecule has 2 unspecified atom stereocenters. The van der Waals surface area contributed by atoms with Crippen LogP contribution in [0.1, 0.15) is 24.8 Å². The lowest BCUT2D eigenvalue weighted by molar-refractivity contribution is -0.141. The Hall–Kier alpha value is -2.52. The number of halogens is 2. The number of hydrogen-bond acceptors (Lipinski definition) is 7. The Morgan fingerprint density at radius 3 is 2.44 bits per heavy atom. The molecule has 0 saturated carbocycles. The third-order valence-corrected chi connectivity index (χ3v) is 5.20. The minimum absolute atomic E-state index is 0.0256. The van der Waals surface area contributed by atoms with Gasteiger partial charge < -0.3 is 29.7 Å². The van der Waals surface area contributed by atoms with Crippen LogP contribution in [0.15, 0.2) is 36.4 Å². The average Bonchev–Trinajstić information content (AvgIpc) is 2.76. The number of carbonyl (C=O) groups excluding carboxylic acids is 2. The van der Waals surface area contributed by atoms with E-state index in [1.807, 2.05) is 0 Å². The highest BCUT2D eigenvalue weighted by atomic mass is 35.5. The van der Waals surface area contributed by atoms with Gasteiger partial charge in [0.15, 0.2) is 11.5 Å². The van der Waals surface area contributed by atoms with Gasteiger partial charge in [-0.3, -0.25) is 9.59 Å². The van der Waals surface area contributed by atoms with Crippen molar-refractivity contribution in [1.82, 2.24) is 0 Å². The summed E-state index contributed by atoms with van der Waals surface area (Å²) in [5.74, 6) is -0.865. The molecule has 0 heterocycles. The summed E-state index contributed by atoms with van der Waals surface area (Å²) < 4.78 is 15.7. The number of methoxy groups -OCH3 is 1. The minimum Gasteiger partial charge on any atom is -0.493 e. The number of benzene rings is 2. The molecule has 10 heteroatoms. The average molecular weight is 486 g/mol. The molecule has 2 rings (SSSR count). The standard InChI is InChI=1S/C22H25Cl2NO7/c1-13(27)31-7-8-32-21-10-15(4-6-20(21)30-2)25-22(29)17(11-16(28)12-26)14-3-5-18(23)19(24)9-14/h3-6,9-10,16-17,26,28H,7-8,11-12H2,1-2H3,(H,25,29). The first kappa shape index (κ1) is 25.7. The lowest BCUT2D eigenvalue weighted by Crippen LogP contribution is -2.26. The SMILES string of the molecule is COc1ccc(NC(=O)C(CC(O)CO)c2ccc(Cl)c(Cl)c2)cc1OCCOC(C)=O. The first-order valence-electron chi connectivity index (χ1n) is 9.74. The van der Waals surface area contributed by atoms with Crippen LogP contribution < -0.4 is 14.8 Å². The molecule has 0 bridgehead atoms. The Kier molecular flexibility index (Phi) is 10.1. The Labute approximate surface area is 196 Å². The molecule has 2 aromatic carbocycles. The molecule has 3 N–H and O–H groups in total. The van der Waals surface area contributed by atoms with Crippen LogP contribution >= 0.6 is 23.2 Å². The van der Waals surface area contributed by atoms with Crippen molar-refractivity contribution in [3.63, 3.8) is 0 Å². The zero-order valence-electron chi connectivity index (χ0n) is 17.6. The smallest absolute Gasteiger partial charge is 0.302 e. The van der Waals surface area contributed by atoms with Gasteiger partial charge >= 0.3 is 5.97 Å². The largest absolute Gasteiger partial charge is 0.493 e. The van der Waals surface area contributed by atoms with Gasteiger partial charge in [0.25, 0.3) is 0 Å². The normalized spacial score (nSPS) is 12.6. The van der Waals surface area contributed by atoms with Gasteiger partial charge in [-0.1, -0.05) is 29.3 Å². The predicted molar refractivity (Wildman–Crippen MR) is 121 cm³/mol. The highest BCUT2D eigenvalue weighted by Crippen LogP contribution is 2.33. The molecule has 0 spiro atoms. The fraction of sp³-hybridized carbons (Fsp3) is 0.364. The number of amides is 1. The van der Waals surface area contributed by atoms with Crippen LogP contribution in [0.25, 0.3) is 0 Å².